The second-order valence-corrected chi connectivity index (χ2v) is 9.85. The lowest BCUT2D eigenvalue weighted by Crippen LogP contribution is -2.47. The van der Waals surface area contributed by atoms with Crippen LogP contribution in [0.3, 0.4) is 0 Å². The highest BCUT2D eigenvalue weighted by Crippen LogP contribution is 2.29. The maximum Gasteiger partial charge on any atom is 0.412 e. The molecule has 1 aliphatic rings. The largest absolute Gasteiger partial charge is 0.444 e. The number of carbonyl (C=O) groups excluding carboxylic acids is 2. The molecule has 1 amide bonds. The zero-order valence-electron chi connectivity index (χ0n) is 21.6. The van der Waals surface area contributed by atoms with Crippen LogP contribution in [0.1, 0.15) is 103 Å². The van der Waals surface area contributed by atoms with E-state index in [0.29, 0.717) is 13.0 Å². The lowest BCUT2D eigenvalue weighted by molar-refractivity contribution is -0.114. The van der Waals surface area contributed by atoms with Gasteiger partial charge in [0, 0.05) is 6.42 Å². The van der Waals surface area contributed by atoms with Crippen LogP contribution in [-0.2, 0) is 20.9 Å². The molecule has 0 bridgehead atoms. The van der Waals surface area contributed by atoms with Crippen LogP contribution in [0, 0.1) is 0 Å². The predicted octanol–water partition coefficient (Wildman–Crippen LogP) is 7.59. The molecule has 1 saturated heterocycles. The van der Waals surface area contributed by atoms with Crippen LogP contribution in [-0.4, -0.2) is 35.2 Å². The van der Waals surface area contributed by atoms with E-state index in [1.54, 1.807) is 17.1 Å². The van der Waals surface area contributed by atoms with Crippen molar-refractivity contribution >= 4 is 11.9 Å². The first-order chi connectivity index (χ1) is 16.4. The quantitative estimate of drug-likeness (QED) is 0.184. The average molecular weight is 472 g/mol. The summed E-state index contributed by atoms with van der Waals surface area (Å²) in [6.45, 7) is 6.51. The van der Waals surface area contributed by atoms with E-state index in [1.165, 1.54) is 57.8 Å². The molecule has 0 unspecified atom stereocenters. The van der Waals surface area contributed by atoms with Gasteiger partial charge in [0.15, 0.2) is 5.78 Å². The van der Waals surface area contributed by atoms with Gasteiger partial charge in [-0.2, -0.15) is 0 Å². The Morgan fingerprint density at radius 1 is 0.971 bits per heavy atom. The summed E-state index contributed by atoms with van der Waals surface area (Å²) in [6.07, 6.45) is 17.5. The number of carbonyl (C=O) groups is 2. The molecule has 0 radical (unpaired) electrons. The molecular weight excluding hydrogens is 426 g/mol. The summed E-state index contributed by atoms with van der Waals surface area (Å²) in [4.78, 5) is 26.7. The SMILES string of the molecule is CCCCCCCCCCCCCC(=O)/C=C/[C@@H]1COC(C)(C)N1C(=O)OCc1ccccc1. The van der Waals surface area contributed by atoms with Crippen LogP contribution >= 0.6 is 0 Å². The average Bonchev–Trinajstić information content (AvgIpc) is 3.14. The minimum atomic E-state index is -0.776. The number of unbranched alkanes of at least 4 members (excludes halogenated alkanes) is 10. The van der Waals surface area contributed by atoms with Crippen molar-refractivity contribution in [3.05, 3.63) is 48.0 Å². The van der Waals surface area contributed by atoms with E-state index in [-0.39, 0.29) is 18.4 Å². The van der Waals surface area contributed by atoms with E-state index in [1.807, 2.05) is 44.2 Å². The molecule has 190 valence electrons. The molecule has 0 aliphatic carbocycles. The number of rotatable bonds is 16. The van der Waals surface area contributed by atoms with E-state index < -0.39 is 11.8 Å². The molecule has 0 N–H and O–H groups in total. The van der Waals surface area contributed by atoms with E-state index in [9.17, 15) is 9.59 Å². The minimum absolute atomic E-state index is 0.109. The van der Waals surface area contributed by atoms with Crippen molar-refractivity contribution < 1.29 is 19.1 Å². The zero-order valence-corrected chi connectivity index (χ0v) is 21.6. The van der Waals surface area contributed by atoms with Gasteiger partial charge in [-0.05, 0) is 31.9 Å². The third-order valence-corrected chi connectivity index (χ3v) is 6.45. The number of benzene rings is 1. The lowest BCUT2D eigenvalue weighted by Gasteiger charge is -2.31. The number of ether oxygens (including phenoxy) is 2. The molecule has 1 fully saturated rings. The van der Waals surface area contributed by atoms with Gasteiger partial charge in [0.1, 0.15) is 12.3 Å². The van der Waals surface area contributed by atoms with Crippen LogP contribution in [0.5, 0.6) is 0 Å². The summed E-state index contributed by atoms with van der Waals surface area (Å²) in [5.41, 5.74) is 0.157. The molecule has 0 aromatic heterocycles. The zero-order chi connectivity index (χ0) is 24.7. The van der Waals surface area contributed by atoms with Crippen LogP contribution in [0.15, 0.2) is 42.5 Å². The van der Waals surface area contributed by atoms with Gasteiger partial charge in [-0.25, -0.2) is 4.79 Å². The van der Waals surface area contributed by atoms with E-state index >= 15 is 0 Å². The molecule has 1 atom stereocenters. The third kappa shape index (κ3) is 10.4. The standard InChI is InChI=1S/C29H45NO4/c1-4-5-6-7-8-9-10-11-12-13-17-20-27(31)22-21-26-24-34-29(2,3)30(26)28(32)33-23-25-18-15-14-16-19-25/h14-16,18-19,21-22,26H,4-13,17,20,23-24H2,1-3H3/b22-21+/t26-/m1/s1. The Labute approximate surface area is 206 Å². The maximum atomic E-state index is 12.8. The topological polar surface area (TPSA) is 55.8 Å². The van der Waals surface area contributed by atoms with Crippen LogP contribution < -0.4 is 0 Å². The first-order valence-corrected chi connectivity index (χ1v) is 13.3. The van der Waals surface area contributed by atoms with Gasteiger partial charge in [-0.3, -0.25) is 9.69 Å². The Morgan fingerprint density at radius 2 is 1.56 bits per heavy atom. The van der Waals surface area contributed by atoms with Crippen LogP contribution in [0.4, 0.5) is 4.79 Å². The highest BCUT2D eigenvalue weighted by Gasteiger charge is 2.43. The first kappa shape index (κ1) is 28.1. The van der Waals surface area contributed by atoms with Crippen molar-refractivity contribution in [2.45, 2.75) is 116 Å². The summed E-state index contributed by atoms with van der Waals surface area (Å²) in [5.74, 6) is 0.109. The van der Waals surface area contributed by atoms with Crippen molar-refractivity contribution in [1.29, 1.82) is 0 Å². The molecule has 1 heterocycles. The van der Waals surface area contributed by atoms with E-state index in [4.69, 9.17) is 9.47 Å². The smallest absolute Gasteiger partial charge is 0.412 e. The number of nitrogens with zero attached hydrogens (tertiary/aromatic N) is 1. The summed E-state index contributed by atoms with van der Waals surface area (Å²) in [5, 5.41) is 0. The number of hydrogen-bond acceptors (Lipinski definition) is 4. The Balaban J connectivity index is 1.65. The summed E-state index contributed by atoms with van der Waals surface area (Å²) in [7, 11) is 0. The third-order valence-electron chi connectivity index (χ3n) is 6.45. The molecule has 1 aromatic rings. The predicted molar refractivity (Wildman–Crippen MR) is 138 cm³/mol. The second kappa shape index (κ2) is 15.7. The molecule has 2 rings (SSSR count). The van der Waals surface area contributed by atoms with Crippen LogP contribution in [0.25, 0.3) is 0 Å². The van der Waals surface area contributed by atoms with Crippen molar-refractivity contribution in [3.63, 3.8) is 0 Å². The van der Waals surface area contributed by atoms with Gasteiger partial charge in [-0.15, -0.1) is 0 Å². The van der Waals surface area contributed by atoms with E-state index in [0.717, 1.165) is 18.4 Å². The minimum Gasteiger partial charge on any atom is -0.444 e. The number of allylic oxidation sites excluding steroid dienone is 1. The van der Waals surface area contributed by atoms with Gasteiger partial charge < -0.3 is 9.47 Å². The van der Waals surface area contributed by atoms with Crippen LogP contribution in [0.2, 0.25) is 0 Å². The Bertz CT molecular complexity index is 744. The first-order valence-electron chi connectivity index (χ1n) is 13.3. The normalized spacial score (nSPS) is 17.4. The maximum absolute atomic E-state index is 12.8. The van der Waals surface area contributed by atoms with Gasteiger partial charge in [0.2, 0.25) is 0 Å². The molecule has 1 aromatic carbocycles. The fourth-order valence-corrected chi connectivity index (χ4v) is 4.38. The van der Waals surface area contributed by atoms with E-state index in [2.05, 4.69) is 6.92 Å². The fraction of sp³-hybridized carbons (Fsp3) is 0.655. The van der Waals surface area contributed by atoms with Crippen molar-refractivity contribution in [2.75, 3.05) is 6.61 Å². The Hall–Kier alpha value is -2.14. The molecule has 5 nitrogen and oxygen atoms in total. The Kier molecular flexibility index (Phi) is 13.0. The molecule has 1 aliphatic heterocycles. The number of hydrogen-bond donors (Lipinski definition) is 0. The number of amides is 1. The summed E-state index contributed by atoms with van der Waals surface area (Å²) in [6, 6.07) is 9.29. The Morgan fingerprint density at radius 3 is 2.18 bits per heavy atom. The monoisotopic (exact) mass is 471 g/mol. The molecule has 34 heavy (non-hydrogen) atoms. The molecule has 0 saturated carbocycles. The summed E-state index contributed by atoms with van der Waals surface area (Å²) >= 11 is 0. The van der Waals surface area contributed by atoms with Gasteiger partial charge in [0.05, 0.1) is 12.6 Å². The van der Waals surface area contributed by atoms with Gasteiger partial charge in [-0.1, -0.05) is 108 Å². The van der Waals surface area contributed by atoms with Crippen molar-refractivity contribution in [2.24, 2.45) is 0 Å². The fourth-order valence-electron chi connectivity index (χ4n) is 4.38. The molecule has 5 heteroatoms. The second-order valence-electron chi connectivity index (χ2n) is 9.85. The highest BCUT2D eigenvalue weighted by atomic mass is 16.6. The summed E-state index contributed by atoms with van der Waals surface area (Å²) < 4.78 is 11.3. The highest BCUT2D eigenvalue weighted by molar-refractivity contribution is 5.89. The van der Waals surface area contributed by atoms with Crippen molar-refractivity contribution in [1.82, 2.24) is 4.90 Å². The van der Waals surface area contributed by atoms with Gasteiger partial charge in [0.25, 0.3) is 0 Å². The lowest BCUT2D eigenvalue weighted by atomic mass is 10.0. The van der Waals surface area contributed by atoms with Gasteiger partial charge >= 0.3 is 6.09 Å². The molecule has 0 spiro atoms. The molecular formula is C29H45NO4. The number of ketones is 1. The van der Waals surface area contributed by atoms with Crippen molar-refractivity contribution in [3.8, 4) is 0 Å².